The molecule has 0 amide bonds. The zero-order chi connectivity index (χ0) is 30.5. The Hall–Kier alpha value is -4.89. The molecule has 0 unspecified atom stereocenters. The van der Waals surface area contributed by atoms with Gasteiger partial charge in [-0.1, -0.05) is 23.2 Å². The zero-order valence-electron chi connectivity index (χ0n) is 21.3. The predicted molar refractivity (Wildman–Crippen MR) is 144 cm³/mol. The SMILES string of the molecule is O=C(OC(=O)C(F)(F)F)c1cc(-c2nc([C@@H]3CCc4cc(-c5cc(Cl)ccc5-n5cnnn5)cc(=O)n43)[nH]c2Cl)ccn1. The molecule has 1 atom stereocenters. The van der Waals surface area contributed by atoms with Gasteiger partial charge in [-0.05, 0) is 65.2 Å². The van der Waals surface area contributed by atoms with E-state index in [0.29, 0.717) is 40.5 Å². The Morgan fingerprint density at radius 3 is 2.63 bits per heavy atom. The number of aromatic amines is 1. The van der Waals surface area contributed by atoms with Crippen LogP contribution in [-0.2, 0) is 16.0 Å². The third-order valence-electron chi connectivity index (χ3n) is 6.65. The van der Waals surface area contributed by atoms with Gasteiger partial charge >= 0.3 is 18.1 Å². The van der Waals surface area contributed by atoms with E-state index in [1.54, 1.807) is 22.8 Å². The number of aryl methyl sites for hydroxylation is 1. The zero-order valence-corrected chi connectivity index (χ0v) is 22.9. The maximum absolute atomic E-state index is 13.5. The van der Waals surface area contributed by atoms with Gasteiger partial charge in [0.05, 0.1) is 11.7 Å². The fourth-order valence-corrected chi connectivity index (χ4v) is 5.24. The van der Waals surface area contributed by atoms with Gasteiger partial charge in [-0.3, -0.25) is 4.79 Å². The number of carbonyl (C=O) groups is 2. The average molecular weight is 631 g/mol. The lowest BCUT2D eigenvalue weighted by Crippen LogP contribution is -2.28. The number of aromatic nitrogens is 8. The van der Waals surface area contributed by atoms with Gasteiger partial charge in [-0.15, -0.1) is 5.10 Å². The number of H-pyrrole nitrogens is 1. The predicted octanol–water partition coefficient (Wildman–Crippen LogP) is 4.36. The Morgan fingerprint density at radius 1 is 1.07 bits per heavy atom. The van der Waals surface area contributed by atoms with Crippen LogP contribution in [0.15, 0.2) is 59.8 Å². The minimum Gasteiger partial charge on any atom is -0.381 e. The first-order chi connectivity index (χ1) is 20.5. The second-order valence-corrected chi connectivity index (χ2v) is 10.1. The van der Waals surface area contributed by atoms with E-state index in [1.165, 1.54) is 23.1 Å². The van der Waals surface area contributed by atoms with Crippen LogP contribution in [0.2, 0.25) is 10.2 Å². The highest BCUT2D eigenvalue weighted by atomic mass is 35.5. The monoisotopic (exact) mass is 630 g/mol. The number of nitrogens with one attached hydrogen (secondary N) is 1. The van der Waals surface area contributed by atoms with Crippen LogP contribution < -0.4 is 5.56 Å². The van der Waals surface area contributed by atoms with Crippen molar-refractivity contribution in [1.82, 2.24) is 39.7 Å². The highest BCUT2D eigenvalue weighted by Gasteiger charge is 2.42. The second kappa shape index (κ2) is 10.7. The molecule has 43 heavy (non-hydrogen) atoms. The van der Waals surface area contributed by atoms with Crippen molar-refractivity contribution < 1.29 is 27.5 Å². The number of hydrogen-bond donors (Lipinski definition) is 1. The Balaban J connectivity index is 1.31. The molecule has 0 spiro atoms. The molecule has 0 saturated heterocycles. The molecule has 4 aromatic heterocycles. The molecule has 218 valence electrons. The highest BCUT2D eigenvalue weighted by molar-refractivity contribution is 6.32. The molecule has 0 aliphatic carbocycles. The molecule has 12 nitrogen and oxygen atoms in total. The quantitative estimate of drug-likeness (QED) is 0.220. The molecule has 5 aromatic rings. The van der Waals surface area contributed by atoms with Crippen LogP contribution in [0.25, 0.3) is 28.1 Å². The Kier molecular flexibility index (Phi) is 7.06. The van der Waals surface area contributed by atoms with E-state index in [9.17, 15) is 27.6 Å². The largest absolute Gasteiger partial charge is 0.491 e. The van der Waals surface area contributed by atoms with Crippen molar-refractivity contribution in [2.24, 2.45) is 0 Å². The molecule has 0 fully saturated rings. The number of fused-ring (bicyclic) bond motifs is 1. The molecule has 0 radical (unpaired) electrons. The smallest absolute Gasteiger partial charge is 0.381 e. The minimum absolute atomic E-state index is 0.0509. The summed E-state index contributed by atoms with van der Waals surface area (Å²) in [7, 11) is 0. The summed E-state index contributed by atoms with van der Waals surface area (Å²) in [6.45, 7) is 0. The van der Waals surface area contributed by atoms with Crippen LogP contribution in [0.5, 0.6) is 0 Å². The first-order valence-corrected chi connectivity index (χ1v) is 13.1. The van der Waals surface area contributed by atoms with Crippen molar-refractivity contribution in [3.05, 3.63) is 92.7 Å². The number of carbonyl (C=O) groups excluding carboxylic acids is 2. The molecule has 1 aromatic carbocycles. The third kappa shape index (κ3) is 5.39. The number of esters is 2. The summed E-state index contributed by atoms with van der Waals surface area (Å²) in [4.78, 5) is 47.7. The van der Waals surface area contributed by atoms with Gasteiger partial charge < -0.3 is 14.3 Å². The van der Waals surface area contributed by atoms with Crippen molar-refractivity contribution in [2.45, 2.75) is 25.1 Å². The number of benzene rings is 1. The van der Waals surface area contributed by atoms with Gasteiger partial charge in [0.25, 0.3) is 5.56 Å². The van der Waals surface area contributed by atoms with E-state index in [2.05, 4.69) is 35.2 Å². The summed E-state index contributed by atoms with van der Waals surface area (Å²) in [6.07, 6.45) is -1.76. The highest BCUT2D eigenvalue weighted by Crippen LogP contribution is 2.36. The minimum atomic E-state index is -5.35. The normalized spacial score (nSPS) is 14.5. The molecule has 1 aliphatic rings. The molecular weight excluding hydrogens is 616 g/mol. The van der Waals surface area contributed by atoms with Crippen molar-refractivity contribution in [3.8, 4) is 28.1 Å². The van der Waals surface area contributed by atoms with Crippen LogP contribution in [0.4, 0.5) is 13.2 Å². The van der Waals surface area contributed by atoms with Gasteiger partial charge in [-0.25, -0.2) is 19.6 Å². The fraction of sp³-hybridized carbons (Fsp3) is 0.154. The number of tetrazole rings is 1. The first-order valence-electron chi connectivity index (χ1n) is 12.3. The number of rotatable bonds is 5. The van der Waals surface area contributed by atoms with E-state index in [4.69, 9.17) is 23.2 Å². The van der Waals surface area contributed by atoms with E-state index < -0.39 is 29.9 Å². The number of imidazole rings is 1. The maximum atomic E-state index is 13.5. The van der Waals surface area contributed by atoms with Crippen molar-refractivity contribution in [3.63, 3.8) is 0 Å². The Bertz CT molecular complexity index is 1960. The summed E-state index contributed by atoms with van der Waals surface area (Å²) in [5.74, 6) is -3.91. The van der Waals surface area contributed by atoms with E-state index in [0.717, 1.165) is 18.0 Å². The standard InChI is InChI=1S/C26H15Cl2F3N8O4/c27-14-1-3-18(38-11-33-36-37-38)16(10-14)13-7-15-2-4-19(39(15)20(40)9-13)23-34-21(22(28)35-23)12-5-6-32-17(8-12)24(41)43-25(42)26(29,30)31/h1,3,5-11,19H,2,4H2,(H,34,35)/t19-/m0/s1. The summed E-state index contributed by atoms with van der Waals surface area (Å²) >= 11 is 12.7. The van der Waals surface area contributed by atoms with Crippen molar-refractivity contribution >= 4 is 35.1 Å². The van der Waals surface area contributed by atoms with Crippen molar-refractivity contribution in [2.75, 3.05) is 0 Å². The molecule has 1 aliphatic heterocycles. The van der Waals surface area contributed by atoms with E-state index in [-0.39, 0.29) is 22.0 Å². The third-order valence-corrected chi connectivity index (χ3v) is 7.16. The number of nitrogens with zero attached hydrogens (tertiary/aromatic N) is 7. The summed E-state index contributed by atoms with van der Waals surface area (Å²) < 4.78 is 44.4. The molecule has 1 N–H and O–H groups in total. The van der Waals surface area contributed by atoms with Gasteiger partial charge in [-0.2, -0.15) is 17.9 Å². The number of hydrogen-bond acceptors (Lipinski definition) is 9. The lowest BCUT2D eigenvalue weighted by atomic mass is 10.0. The van der Waals surface area contributed by atoms with Crippen LogP contribution in [0, 0.1) is 0 Å². The molecule has 6 rings (SSSR count). The molecular formula is C26H15Cl2F3N8O4. The maximum Gasteiger partial charge on any atom is 0.491 e. The van der Waals surface area contributed by atoms with Crippen molar-refractivity contribution in [1.29, 1.82) is 0 Å². The first kappa shape index (κ1) is 28.2. The molecule has 0 bridgehead atoms. The topological polar surface area (TPSA) is 151 Å². The average Bonchev–Trinajstić information content (AvgIpc) is 3.73. The van der Waals surface area contributed by atoms with E-state index in [1.807, 2.05) is 6.07 Å². The lowest BCUT2D eigenvalue weighted by Gasteiger charge is -2.15. The van der Waals surface area contributed by atoms with Crippen LogP contribution in [0.3, 0.4) is 0 Å². The van der Waals surface area contributed by atoms with Gasteiger partial charge in [0.1, 0.15) is 28.7 Å². The number of halogens is 5. The Labute approximate surface area is 248 Å². The number of alkyl halides is 3. The van der Waals surface area contributed by atoms with Crippen LogP contribution in [-0.4, -0.2) is 57.8 Å². The fourth-order valence-electron chi connectivity index (χ4n) is 4.82. The molecule has 0 saturated carbocycles. The Morgan fingerprint density at radius 2 is 1.88 bits per heavy atom. The lowest BCUT2D eigenvalue weighted by molar-refractivity contribution is -0.193. The summed E-state index contributed by atoms with van der Waals surface area (Å²) in [5.41, 5.74) is 2.11. The number of ether oxygens (including phenoxy) is 1. The molecule has 5 heterocycles. The van der Waals surface area contributed by atoms with Crippen LogP contribution in [0.1, 0.15) is 34.5 Å². The van der Waals surface area contributed by atoms with E-state index >= 15 is 0 Å². The van der Waals surface area contributed by atoms with Gasteiger partial charge in [0, 0.05) is 34.1 Å². The number of pyridine rings is 2. The van der Waals surface area contributed by atoms with Gasteiger partial charge in [0.2, 0.25) is 0 Å². The summed E-state index contributed by atoms with van der Waals surface area (Å²) in [5, 5.41) is 11.8. The van der Waals surface area contributed by atoms with Gasteiger partial charge in [0.15, 0.2) is 0 Å². The summed E-state index contributed by atoms with van der Waals surface area (Å²) in [6, 6.07) is 10.5. The van der Waals surface area contributed by atoms with Crippen LogP contribution >= 0.6 is 23.2 Å². The molecule has 17 heteroatoms. The second-order valence-electron chi connectivity index (χ2n) is 9.30.